The van der Waals surface area contributed by atoms with Gasteiger partial charge in [0.1, 0.15) is 28.8 Å². The summed E-state index contributed by atoms with van der Waals surface area (Å²) in [5.41, 5.74) is 1.11. The Bertz CT molecular complexity index is 1720. The smallest absolute Gasteiger partial charge is 0.343 e. The van der Waals surface area contributed by atoms with E-state index in [9.17, 15) is 24.3 Å². The molecule has 0 fully saturated rings. The fourth-order valence-corrected chi connectivity index (χ4v) is 4.37. The molecule has 0 radical (unpaired) electrons. The van der Waals surface area contributed by atoms with Gasteiger partial charge in [-0.15, -0.1) is 0 Å². The van der Waals surface area contributed by atoms with Gasteiger partial charge >= 0.3 is 23.9 Å². The zero-order valence-corrected chi connectivity index (χ0v) is 27.8. The number of aliphatic hydroxyl groups is 1. The maximum atomic E-state index is 12.6. The van der Waals surface area contributed by atoms with E-state index < -0.39 is 30.2 Å². The molecular formula is C39H38O12. The molecule has 12 heteroatoms. The van der Waals surface area contributed by atoms with Crippen molar-refractivity contribution in [2.24, 2.45) is 0 Å². The Morgan fingerprint density at radius 3 is 1.53 bits per heavy atom. The molecule has 0 saturated carbocycles. The molecule has 51 heavy (non-hydrogen) atoms. The number of aliphatic hydroxyl groups excluding tert-OH is 1. The van der Waals surface area contributed by atoms with Crippen molar-refractivity contribution in [3.63, 3.8) is 0 Å². The second kappa shape index (κ2) is 19.8. The summed E-state index contributed by atoms with van der Waals surface area (Å²) in [5.74, 6) is 0.282. The van der Waals surface area contributed by atoms with Gasteiger partial charge < -0.3 is 38.3 Å². The van der Waals surface area contributed by atoms with Crippen LogP contribution in [0.1, 0.15) is 58.3 Å². The van der Waals surface area contributed by atoms with Crippen molar-refractivity contribution in [1.29, 1.82) is 0 Å². The van der Waals surface area contributed by atoms with Gasteiger partial charge in [-0.3, -0.25) is 0 Å². The first-order chi connectivity index (χ1) is 24.7. The molecule has 4 rings (SSSR count). The van der Waals surface area contributed by atoms with Crippen molar-refractivity contribution in [1.82, 2.24) is 0 Å². The molecule has 266 valence electrons. The SMILES string of the molecule is C=CC(=O)OCCCOc1ccc(C(=O)OC2=CC=C(OC(O)c3ccc(OC(=O)c4ccc(OCCCOC(=O)C=C)cc4)cc3)CC2)cc1. The number of esters is 4. The molecule has 1 aliphatic rings. The number of hydrogen-bond acceptors (Lipinski definition) is 12. The summed E-state index contributed by atoms with van der Waals surface area (Å²) in [6, 6.07) is 19.2. The monoisotopic (exact) mass is 698 g/mol. The summed E-state index contributed by atoms with van der Waals surface area (Å²) >= 11 is 0. The molecular weight excluding hydrogens is 660 g/mol. The Morgan fingerprint density at radius 1 is 0.608 bits per heavy atom. The van der Waals surface area contributed by atoms with Gasteiger partial charge in [0.05, 0.1) is 37.6 Å². The quantitative estimate of drug-likeness (QED) is 0.0372. The summed E-state index contributed by atoms with van der Waals surface area (Å²) in [7, 11) is 0. The summed E-state index contributed by atoms with van der Waals surface area (Å²) in [4.78, 5) is 47.3. The van der Waals surface area contributed by atoms with Gasteiger partial charge in [-0.1, -0.05) is 13.2 Å². The van der Waals surface area contributed by atoms with E-state index in [-0.39, 0.29) is 19.0 Å². The number of carbonyl (C=O) groups is 4. The van der Waals surface area contributed by atoms with Gasteiger partial charge in [-0.2, -0.15) is 0 Å². The highest BCUT2D eigenvalue weighted by atomic mass is 16.6. The van der Waals surface area contributed by atoms with Crippen LogP contribution < -0.4 is 14.2 Å². The van der Waals surface area contributed by atoms with E-state index in [0.717, 1.165) is 12.2 Å². The number of hydrogen-bond donors (Lipinski definition) is 1. The van der Waals surface area contributed by atoms with Gasteiger partial charge in [0.2, 0.25) is 6.29 Å². The van der Waals surface area contributed by atoms with E-state index in [1.807, 2.05) is 0 Å². The third-order valence-corrected chi connectivity index (χ3v) is 7.05. The van der Waals surface area contributed by atoms with Crippen molar-refractivity contribution in [3.8, 4) is 17.2 Å². The molecule has 1 N–H and O–H groups in total. The second-order valence-corrected chi connectivity index (χ2v) is 10.8. The minimum Gasteiger partial charge on any atom is -0.493 e. The molecule has 0 spiro atoms. The first-order valence-corrected chi connectivity index (χ1v) is 16.1. The van der Waals surface area contributed by atoms with Gasteiger partial charge in [-0.25, -0.2) is 19.2 Å². The average molecular weight is 699 g/mol. The third kappa shape index (κ3) is 12.7. The van der Waals surface area contributed by atoms with Crippen LogP contribution in [0.5, 0.6) is 17.2 Å². The molecule has 1 atom stereocenters. The van der Waals surface area contributed by atoms with Crippen LogP contribution in [0.15, 0.2) is 122 Å². The van der Waals surface area contributed by atoms with Crippen molar-refractivity contribution in [2.45, 2.75) is 32.0 Å². The van der Waals surface area contributed by atoms with Crippen molar-refractivity contribution in [3.05, 3.63) is 138 Å². The molecule has 0 amide bonds. The number of ether oxygens (including phenoxy) is 7. The van der Waals surface area contributed by atoms with Gasteiger partial charge in [0.15, 0.2) is 0 Å². The normalized spacial score (nSPS) is 12.6. The van der Waals surface area contributed by atoms with E-state index in [1.54, 1.807) is 84.9 Å². The molecule has 12 nitrogen and oxygen atoms in total. The summed E-state index contributed by atoms with van der Waals surface area (Å²) < 4.78 is 37.6. The predicted octanol–water partition coefficient (Wildman–Crippen LogP) is 6.33. The molecule has 1 aliphatic carbocycles. The lowest BCUT2D eigenvalue weighted by molar-refractivity contribution is -0.138. The Hall–Kier alpha value is -6.14. The molecule has 3 aromatic rings. The van der Waals surface area contributed by atoms with Crippen LogP contribution in [0.2, 0.25) is 0 Å². The maximum absolute atomic E-state index is 12.6. The minimum atomic E-state index is -1.28. The molecule has 0 bridgehead atoms. The number of rotatable bonds is 19. The zero-order chi connectivity index (χ0) is 36.4. The lowest BCUT2D eigenvalue weighted by Gasteiger charge is -2.19. The van der Waals surface area contributed by atoms with Crippen LogP contribution in [0.3, 0.4) is 0 Å². The number of allylic oxidation sites excluding steroid dienone is 4. The van der Waals surface area contributed by atoms with Crippen LogP contribution in [0.25, 0.3) is 0 Å². The van der Waals surface area contributed by atoms with E-state index in [1.165, 1.54) is 0 Å². The summed E-state index contributed by atoms with van der Waals surface area (Å²) in [6.07, 6.45) is 5.96. The Labute approximate surface area is 295 Å². The van der Waals surface area contributed by atoms with E-state index in [4.69, 9.17) is 33.2 Å². The Balaban J connectivity index is 1.18. The summed E-state index contributed by atoms with van der Waals surface area (Å²) in [6.45, 7) is 7.76. The zero-order valence-electron chi connectivity index (χ0n) is 27.8. The molecule has 0 saturated heterocycles. The van der Waals surface area contributed by atoms with Gasteiger partial charge in [0.25, 0.3) is 0 Å². The largest absolute Gasteiger partial charge is 0.493 e. The molecule has 1 unspecified atom stereocenters. The fourth-order valence-electron chi connectivity index (χ4n) is 4.37. The highest BCUT2D eigenvalue weighted by molar-refractivity contribution is 5.91. The number of benzene rings is 3. The predicted molar refractivity (Wildman–Crippen MR) is 184 cm³/mol. The molecule has 0 aliphatic heterocycles. The van der Waals surface area contributed by atoms with Gasteiger partial charge in [0, 0.05) is 43.4 Å². The van der Waals surface area contributed by atoms with Gasteiger partial charge in [-0.05, 0) is 84.9 Å². The van der Waals surface area contributed by atoms with E-state index >= 15 is 0 Å². The first kappa shape index (κ1) is 37.7. The van der Waals surface area contributed by atoms with Crippen LogP contribution in [-0.4, -0.2) is 55.4 Å². The first-order valence-electron chi connectivity index (χ1n) is 16.1. The Kier molecular flexibility index (Phi) is 14.6. The van der Waals surface area contributed by atoms with Crippen molar-refractivity contribution >= 4 is 23.9 Å². The second-order valence-electron chi connectivity index (χ2n) is 10.8. The standard InChI is InChI=1S/C39H38O12/c1-3-35(40)47-25-5-23-45-30-13-7-27(8-14-30)37(42)49-32-17-11-29(12-18-32)39(44)51-34-21-19-33(20-22-34)50-38(43)28-9-15-31(16-10-28)46-24-6-26-48-36(41)4-2/h3-4,7-19,21,39,44H,1-2,5-6,20,22-26H2. The van der Waals surface area contributed by atoms with Crippen molar-refractivity contribution in [2.75, 3.05) is 26.4 Å². The van der Waals surface area contributed by atoms with E-state index in [0.29, 0.717) is 78.6 Å². The highest BCUT2D eigenvalue weighted by Crippen LogP contribution is 2.27. The maximum Gasteiger partial charge on any atom is 0.343 e. The number of carbonyl (C=O) groups excluding carboxylic acids is 4. The topological polar surface area (TPSA) is 153 Å². The average Bonchev–Trinajstić information content (AvgIpc) is 3.15. The minimum absolute atomic E-state index is 0.212. The van der Waals surface area contributed by atoms with Crippen LogP contribution in [-0.2, 0) is 28.5 Å². The Morgan fingerprint density at radius 2 is 1.06 bits per heavy atom. The summed E-state index contributed by atoms with van der Waals surface area (Å²) in [5, 5.41) is 10.6. The molecule has 0 heterocycles. The van der Waals surface area contributed by atoms with Crippen molar-refractivity contribution < 1.29 is 57.4 Å². The fraction of sp³-hybridized carbons (Fsp3) is 0.231. The lowest BCUT2D eigenvalue weighted by Crippen LogP contribution is -2.10. The lowest BCUT2D eigenvalue weighted by atomic mass is 10.1. The third-order valence-electron chi connectivity index (χ3n) is 7.05. The van der Waals surface area contributed by atoms with Crippen LogP contribution in [0, 0.1) is 0 Å². The molecule has 0 aromatic heterocycles. The van der Waals surface area contributed by atoms with E-state index in [2.05, 4.69) is 13.2 Å². The highest BCUT2D eigenvalue weighted by Gasteiger charge is 2.18. The van der Waals surface area contributed by atoms with Crippen LogP contribution >= 0.6 is 0 Å². The van der Waals surface area contributed by atoms with Crippen LogP contribution in [0.4, 0.5) is 0 Å². The molecule has 3 aromatic carbocycles.